The summed E-state index contributed by atoms with van der Waals surface area (Å²) in [6, 6.07) is 0.753. The summed E-state index contributed by atoms with van der Waals surface area (Å²) in [6.45, 7) is 10.7. The predicted molar refractivity (Wildman–Crippen MR) is 80.0 cm³/mol. The van der Waals surface area contributed by atoms with Crippen molar-refractivity contribution in [2.24, 2.45) is 0 Å². The first-order valence-corrected chi connectivity index (χ1v) is 8.58. The van der Waals surface area contributed by atoms with E-state index in [4.69, 9.17) is 0 Å². The summed E-state index contributed by atoms with van der Waals surface area (Å²) >= 11 is 1.97. The minimum absolute atomic E-state index is 0.380. The summed E-state index contributed by atoms with van der Waals surface area (Å²) < 4.78 is 0. The Kier molecular flexibility index (Phi) is 6.90. The van der Waals surface area contributed by atoms with Crippen molar-refractivity contribution in [1.82, 2.24) is 10.2 Å². The van der Waals surface area contributed by atoms with Crippen LogP contribution in [0.15, 0.2) is 0 Å². The van der Waals surface area contributed by atoms with Crippen LogP contribution in [0.25, 0.3) is 0 Å². The van der Waals surface area contributed by atoms with Gasteiger partial charge >= 0.3 is 0 Å². The predicted octanol–water partition coefficient (Wildman–Crippen LogP) is 2.98. The molecule has 0 aromatic carbocycles. The third kappa shape index (κ3) is 4.15. The lowest BCUT2D eigenvalue weighted by Gasteiger charge is -2.47. The van der Waals surface area contributed by atoms with Gasteiger partial charge < -0.3 is 5.32 Å². The highest BCUT2D eigenvalue weighted by Gasteiger charge is 2.35. The first kappa shape index (κ1) is 15.3. The van der Waals surface area contributed by atoms with E-state index in [0.29, 0.717) is 5.54 Å². The Hall–Kier alpha value is 0.270. The van der Waals surface area contributed by atoms with Crippen LogP contribution in [0.3, 0.4) is 0 Å². The zero-order chi connectivity index (χ0) is 12.7. The molecule has 0 aromatic rings. The monoisotopic (exact) mass is 258 g/mol. The molecule has 17 heavy (non-hydrogen) atoms. The number of rotatable bonds is 7. The van der Waals surface area contributed by atoms with Gasteiger partial charge in [0.15, 0.2) is 0 Å². The highest BCUT2D eigenvalue weighted by atomic mass is 32.2. The molecule has 1 aliphatic heterocycles. The molecule has 1 atom stereocenters. The highest BCUT2D eigenvalue weighted by molar-refractivity contribution is 7.98. The van der Waals surface area contributed by atoms with Gasteiger partial charge in [0.2, 0.25) is 0 Å². The molecule has 0 aliphatic carbocycles. The fourth-order valence-electron chi connectivity index (χ4n) is 2.84. The standard InChI is InChI=1S/C14H30N2S/c1-5-13-11-15-14(6-2,7-3)12-16(13)9-8-10-17-4/h13,15H,5-12H2,1-4H3. The molecule has 102 valence electrons. The average molecular weight is 258 g/mol. The van der Waals surface area contributed by atoms with E-state index in [1.54, 1.807) is 0 Å². The van der Waals surface area contributed by atoms with Crippen LogP contribution in [0.2, 0.25) is 0 Å². The van der Waals surface area contributed by atoms with Gasteiger partial charge in [-0.3, -0.25) is 4.90 Å². The molecule has 2 nitrogen and oxygen atoms in total. The first-order valence-electron chi connectivity index (χ1n) is 7.19. The average Bonchev–Trinajstić information content (AvgIpc) is 2.39. The normalized spacial score (nSPS) is 25.1. The number of thioether (sulfide) groups is 1. The van der Waals surface area contributed by atoms with E-state index in [2.05, 4.69) is 37.2 Å². The van der Waals surface area contributed by atoms with E-state index < -0.39 is 0 Å². The fraction of sp³-hybridized carbons (Fsp3) is 1.00. The van der Waals surface area contributed by atoms with Crippen LogP contribution in [0.4, 0.5) is 0 Å². The van der Waals surface area contributed by atoms with Crippen molar-refractivity contribution in [1.29, 1.82) is 0 Å². The van der Waals surface area contributed by atoms with E-state index in [-0.39, 0.29) is 0 Å². The SMILES string of the molecule is CCC1CNC(CC)(CC)CN1CCCSC. The molecule has 0 saturated carbocycles. The van der Waals surface area contributed by atoms with Crippen molar-refractivity contribution in [2.45, 2.75) is 58.0 Å². The van der Waals surface area contributed by atoms with Crippen LogP contribution >= 0.6 is 11.8 Å². The lowest BCUT2D eigenvalue weighted by atomic mass is 9.88. The van der Waals surface area contributed by atoms with Crippen molar-refractivity contribution in [3.63, 3.8) is 0 Å². The van der Waals surface area contributed by atoms with E-state index in [1.807, 2.05) is 11.8 Å². The maximum Gasteiger partial charge on any atom is 0.0304 e. The van der Waals surface area contributed by atoms with Gasteiger partial charge in [0.1, 0.15) is 0 Å². The Morgan fingerprint density at radius 3 is 2.53 bits per heavy atom. The maximum atomic E-state index is 3.81. The minimum atomic E-state index is 0.380. The Morgan fingerprint density at radius 2 is 2.00 bits per heavy atom. The smallest absolute Gasteiger partial charge is 0.0304 e. The van der Waals surface area contributed by atoms with E-state index in [9.17, 15) is 0 Å². The second-order valence-electron chi connectivity index (χ2n) is 5.25. The van der Waals surface area contributed by atoms with Gasteiger partial charge in [-0.1, -0.05) is 20.8 Å². The molecule has 1 saturated heterocycles. The van der Waals surface area contributed by atoms with Crippen LogP contribution in [0.5, 0.6) is 0 Å². The lowest BCUT2D eigenvalue weighted by Crippen LogP contribution is -2.63. The lowest BCUT2D eigenvalue weighted by molar-refractivity contribution is 0.0710. The van der Waals surface area contributed by atoms with Crippen LogP contribution < -0.4 is 5.32 Å². The Bertz CT molecular complexity index is 204. The largest absolute Gasteiger partial charge is 0.308 e. The van der Waals surface area contributed by atoms with Gasteiger partial charge in [-0.05, 0) is 44.2 Å². The van der Waals surface area contributed by atoms with Gasteiger partial charge in [-0.2, -0.15) is 11.8 Å². The zero-order valence-corrected chi connectivity index (χ0v) is 12.9. The van der Waals surface area contributed by atoms with Crippen molar-refractivity contribution < 1.29 is 0 Å². The molecule has 1 rings (SSSR count). The van der Waals surface area contributed by atoms with Crippen molar-refractivity contribution in [3.05, 3.63) is 0 Å². The summed E-state index contributed by atoms with van der Waals surface area (Å²) in [7, 11) is 0. The quantitative estimate of drug-likeness (QED) is 0.707. The highest BCUT2D eigenvalue weighted by Crippen LogP contribution is 2.24. The van der Waals surface area contributed by atoms with E-state index in [1.165, 1.54) is 51.1 Å². The molecule has 0 bridgehead atoms. The summed E-state index contributed by atoms with van der Waals surface area (Å²) in [5.41, 5.74) is 0.380. The molecule has 1 heterocycles. The van der Waals surface area contributed by atoms with Crippen LogP contribution in [-0.4, -0.2) is 48.1 Å². The molecular formula is C14H30N2S. The molecule has 1 fully saturated rings. The second-order valence-corrected chi connectivity index (χ2v) is 6.23. The molecule has 0 radical (unpaired) electrons. The summed E-state index contributed by atoms with van der Waals surface area (Å²) in [5.74, 6) is 1.30. The van der Waals surface area contributed by atoms with Gasteiger partial charge in [0, 0.05) is 24.7 Å². The third-order valence-corrected chi connectivity index (χ3v) is 5.05. The third-order valence-electron chi connectivity index (χ3n) is 4.35. The molecule has 3 heteroatoms. The zero-order valence-electron chi connectivity index (χ0n) is 12.1. The Labute approximate surface area is 112 Å². The number of piperazine rings is 1. The number of hydrogen-bond acceptors (Lipinski definition) is 3. The summed E-state index contributed by atoms with van der Waals surface area (Å²) in [5, 5.41) is 3.81. The topological polar surface area (TPSA) is 15.3 Å². The maximum absolute atomic E-state index is 3.81. The minimum Gasteiger partial charge on any atom is -0.308 e. The number of nitrogens with zero attached hydrogens (tertiary/aromatic N) is 1. The van der Waals surface area contributed by atoms with Crippen LogP contribution in [-0.2, 0) is 0 Å². The van der Waals surface area contributed by atoms with Gasteiger partial charge in [-0.15, -0.1) is 0 Å². The van der Waals surface area contributed by atoms with Gasteiger partial charge in [0.25, 0.3) is 0 Å². The Morgan fingerprint density at radius 1 is 1.29 bits per heavy atom. The van der Waals surface area contributed by atoms with Gasteiger partial charge in [-0.25, -0.2) is 0 Å². The van der Waals surface area contributed by atoms with Crippen LogP contribution in [0, 0.1) is 0 Å². The molecule has 1 unspecified atom stereocenters. The van der Waals surface area contributed by atoms with E-state index in [0.717, 1.165) is 6.04 Å². The molecule has 0 amide bonds. The Balaban J connectivity index is 2.54. The second kappa shape index (κ2) is 7.65. The van der Waals surface area contributed by atoms with Gasteiger partial charge in [0.05, 0.1) is 0 Å². The molecular weight excluding hydrogens is 228 g/mol. The van der Waals surface area contributed by atoms with Crippen molar-refractivity contribution in [2.75, 3.05) is 31.6 Å². The van der Waals surface area contributed by atoms with Crippen LogP contribution in [0.1, 0.15) is 46.5 Å². The molecule has 1 aliphatic rings. The number of hydrogen-bond donors (Lipinski definition) is 1. The van der Waals surface area contributed by atoms with E-state index >= 15 is 0 Å². The molecule has 0 aromatic heterocycles. The molecule has 1 N–H and O–H groups in total. The van der Waals surface area contributed by atoms with Crippen molar-refractivity contribution in [3.8, 4) is 0 Å². The van der Waals surface area contributed by atoms with Crippen molar-refractivity contribution >= 4 is 11.8 Å². The fourth-order valence-corrected chi connectivity index (χ4v) is 3.25. The molecule has 0 spiro atoms. The summed E-state index contributed by atoms with van der Waals surface area (Å²) in [6.07, 6.45) is 7.31. The summed E-state index contributed by atoms with van der Waals surface area (Å²) in [4.78, 5) is 2.74. The number of nitrogens with one attached hydrogen (secondary N) is 1. The first-order chi connectivity index (χ1) is 8.21.